The Kier molecular flexibility index (Phi) is 7.17. The third-order valence-corrected chi connectivity index (χ3v) is 10.9. The van der Waals surface area contributed by atoms with E-state index in [1.165, 1.54) is 16.7 Å². The lowest BCUT2D eigenvalue weighted by atomic mass is 9.96. The Labute approximate surface area is 317 Å². The molecule has 0 aliphatic rings. The Morgan fingerprint density at radius 2 is 0.873 bits per heavy atom. The third kappa shape index (κ3) is 5.20. The van der Waals surface area contributed by atoms with Gasteiger partial charge in [0.15, 0.2) is 5.58 Å². The summed E-state index contributed by atoms with van der Waals surface area (Å²) in [5.74, 6) is 0. The monoisotopic (exact) mass is 703 g/mol. The second-order valence-corrected chi connectivity index (χ2v) is 14.1. The lowest BCUT2D eigenvalue weighted by Gasteiger charge is -2.28. The van der Waals surface area contributed by atoms with Crippen molar-refractivity contribution in [1.29, 1.82) is 0 Å². The molecular weight excluding hydrogens is 671 g/mol. The third-order valence-electron chi connectivity index (χ3n) is 10.9. The van der Waals surface area contributed by atoms with Crippen LogP contribution < -0.4 is 4.90 Å². The first-order valence-corrected chi connectivity index (χ1v) is 18.7. The lowest BCUT2D eigenvalue weighted by Crippen LogP contribution is -2.11. The molecular formula is C52H33NO2. The fraction of sp³-hybridized carbons (Fsp3) is 0. The predicted octanol–water partition coefficient (Wildman–Crippen LogP) is 15.1. The van der Waals surface area contributed by atoms with Crippen LogP contribution in [0.3, 0.4) is 0 Å². The molecule has 0 saturated heterocycles. The largest absolute Gasteiger partial charge is 0.455 e. The van der Waals surface area contributed by atoms with E-state index in [4.69, 9.17) is 8.83 Å². The van der Waals surface area contributed by atoms with Gasteiger partial charge in [0.05, 0.1) is 11.4 Å². The summed E-state index contributed by atoms with van der Waals surface area (Å²) in [5, 5.41) is 6.58. The Balaban J connectivity index is 1.20. The van der Waals surface area contributed by atoms with Crippen molar-refractivity contribution in [3.8, 4) is 33.4 Å². The van der Waals surface area contributed by atoms with Gasteiger partial charge >= 0.3 is 0 Å². The first kappa shape index (κ1) is 31.2. The van der Waals surface area contributed by atoms with Crippen LogP contribution in [-0.2, 0) is 0 Å². The molecule has 55 heavy (non-hydrogen) atoms. The van der Waals surface area contributed by atoms with E-state index in [0.29, 0.717) is 0 Å². The van der Waals surface area contributed by atoms with Crippen LogP contribution in [0.4, 0.5) is 17.1 Å². The number of fused-ring (bicyclic) bond motifs is 8. The normalized spacial score (nSPS) is 11.6. The summed E-state index contributed by atoms with van der Waals surface area (Å²) in [5.41, 5.74) is 13.3. The highest BCUT2D eigenvalue weighted by atomic mass is 16.3. The Morgan fingerprint density at radius 3 is 1.62 bits per heavy atom. The molecule has 0 saturated carbocycles. The molecule has 11 aromatic rings. The van der Waals surface area contributed by atoms with E-state index in [9.17, 15) is 0 Å². The molecule has 0 radical (unpaired) electrons. The summed E-state index contributed by atoms with van der Waals surface area (Å²) in [6, 6.07) is 70.9. The number of nitrogens with zero attached hydrogens (tertiary/aromatic N) is 1. The van der Waals surface area contributed by atoms with Crippen LogP contribution in [0.5, 0.6) is 0 Å². The maximum absolute atomic E-state index is 6.80. The van der Waals surface area contributed by atoms with Crippen molar-refractivity contribution < 1.29 is 8.83 Å². The zero-order valence-corrected chi connectivity index (χ0v) is 29.8. The summed E-state index contributed by atoms with van der Waals surface area (Å²) in [6.07, 6.45) is 0. The minimum Gasteiger partial charge on any atom is -0.455 e. The van der Waals surface area contributed by atoms with E-state index in [1.807, 2.05) is 12.1 Å². The van der Waals surface area contributed by atoms with Gasteiger partial charge in [0.1, 0.15) is 16.7 Å². The minimum atomic E-state index is 0.837. The van der Waals surface area contributed by atoms with Crippen molar-refractivity contribution >= 4 is 71.7 Å². The highest BCUT2D eigenvalue weighted by Crippen LogP contribution is 2.48. The molecule has 9 aromatic carbocycles. The molecule has 0 unspecified atom stereocenters. The van der Waals surface area contributed by atoms with E-state index in [0.717, 1.165) is 88.4 Å². The fourth-order valence-corrected chi connectivity index (χ4v) is 8.18. The minimum absolute atomic E-state index is 0.837. The number of hydrogen-bond donors (Lipinski definition) is 0. The summed E-state index contributed by atoms with van der Waals surface area (Å²) in [7, 11) is 0. The molecule has 0 atom stereocenters. The molecule has 258 valence electrons. The second-order valence-electron chi connectivity index (χ2n) is 14.1. The van der Waals surface area contributed by atoms with Gasteiger partial charge in [-0.1, -0.05) is 158 Å². The molecule has 0 amide bonds. The summed E-state index contributed by atoms with van der Waals surface area (Å²) < 4.78 is 13.5. The van der Waals surface area contributed by atoms with Crippen molar-refractivity contribution in [2.75, 3.05) is 4.90 Å². The van der Waals surface area contributed by atoms with Gasteiger partial charge in [-0.2, -0.15) is 0 Å². The van der Waals surface area contributed by atoms with Crippen molar-refractivity contribution in [3.63, 3.8) is 0 Å². The number of furan rings is 2. The topological polar surface area (TPSA) is 29.5 Å². The van der Waals surface area contributed by atoms with E-state index in [1.54, 1.807) is 0 Å². The first-order valence-electron chi connectivity index (χ1n) is 18.7. The van der Waals surface area contributed by atoms with Crippen LogP contribution in [0.1, 0.15) is 0 Å². The number of rotatable bonds is 6. The molecule has 2 aromatic heterocycles. The van der Waals surface area contributed by atoms with Gasteiger partial charge in [-0.15, -0.1) is 0 Å². The molecule has 3 nitrogen and oxygen atoms in total. The predicted molar refractivity (Wildman–Crippen MR) is 229 cm³/mol. The average molecular weight is 704 g/mol. The SMILES string of the molecule is c1ccc(-c2ccc(-c3cc4oc5c6ccccc6ccc5c4cc3N(c3ccc(-c4ccccc4)cc3)c3cccc4c3oc3ccccc34)cc2)cc1. The van der Waals surface area contributed by atoms with Crippen LogP contribution in [-0.4, -0.2) is 0 Å². The maximum atomic E-state index is 6.80. The molecule has 2 heterocycles. The van der Waals surface area contributed by atoms with E-state index in [-0.39, 0.29) is 0 Å². The fourth-order valence-electron chi connectivity index (χ4n) is 8.18. The molecule has 0 fully saturated rings. The number of anilines is 3. The Hall–Kier alpha value is -7.36. The van der Waals surface area contributed by atoms with Crippen LogP contribution in [0, 0.1) is 0 Å². The molecule has 3 heteroatoms. The van der Waals surface area contributed by atoms with Gasteiger partial charge in [-0.25, -0.2) is 0 Å². The van der Waals surface area contributed by atoms with Crippen LogP contribution in [0.2, 0.25) is 0 Å². The molecule has 0 aliphatic carbocycles. The average Bonchev–Trinajstić information content (AvgIpc) is 3.83. The standard InChI is InChI=1S/C52H33NO2/c1-3-12-34(13-4-1)36-22-24-39(25-23-36)45-33-50-46(44-31-28-38-16-7-8-17-41(38)51(44)55-50)32-48(45)53(40-29-26-37(27-30-40)35-14-5-2-6-15-35)47-20-11-19-43-42-18-9-10-21-49(42)54-52(43)47/h1-33H. The molecule has 0 spiro atoms. The number of para-hydroxylation sites is 2. The van der Waals surface area contributed by atoms with E-state index in [2.05, 4.69) is 193 Å². The molecule has 11 rings (SSSR count). The smallest absolute Gasteiger partial charge is 0.159 e. The first-order chi connectivity index (χ1) is 27.3. The molecule has 0 aliphatic heterocycles. The summed E-state index contributed by atoms with van der Waals surface area (Å²) in [4.78, 5) is 2.36. The van der Waals surface area contributed by atoms with E-state index >= 15 is 0 Å². The van der Waals surface area contributed by atoms with Crippen LogP contribution >= 0.6 is 0 Å². The van der Waals surface area contributed by atoms with Crippen LogP contribution in [0.15, 0.2) is 209 Å². The quantitative estimate of drug-likeness (QED) is 0.173. The van der Waals surface area contributed by atoms with Crippen molar-refractivity contribution in [1.82, 2.24) is 0 Å². The van der Waals surface area contributed by atoms with Gasteiger partial charge in [0, 0.05) is 38.2 Å². The number of benzene rings is 9. The van der Waals surface area contributed by atoms with Crippen molar-refractivity contribution in [3.05, 3.63) is 200 Å². The van der Waals surface area contributed by atoms with Gasteiger partial charge in [0.25, 0.3) is 0 Å². The van der Waals surface area contributed by atoms with Gasteiger partial charge in [-0.3, -0.25) is 0 Å². The maximum Gasteiger partial charge on any atom is 0.159 e. The molecule has 0 N–H and O–H groups in total. The summed E-state index contributed by atoms with van der Waals surface area (Å²) in [6.45, 7) is 0. The van der Waals surface area contributed by atoms with E-state index < -0.39 is 0 Å². The second kappa shape index (κ2) is 12.6. The lowest BCUT2D eigenvalue weighted by molar-refractivity contribution is 0.669. The van der Waals surface area contributed by atoms with Crippen molar-refractivity contribution in [2.45, 2.75) is 0 Å². The highest BCUT2D eigenvalue weighted by molar-refractivity contribution is 6.17. The summed E-state index contributed by atoms with van der Waals surface area (Å²) >= 11 is 0. The zero-order chi connectivity index (χ0) is 36.3. The van der Waals surface area contributed by atoms with Gasteiger partial charge in [-0.05, 0) is 75.7 Å². The Morgan fingerprint density at radius 1 is 0.309 bits per heavy atom. The zero-order valence-electron chi connectivity index (χ0n) is 29.8. The van der Waals surface area contributed by atoms with Crippen LogP contribution in [0.25, 0.3) is 88.0 Å². The van der Waals surface area contributed by atoms with Gasteiger partial charge in [0.2, 0.25) is 0 Å². The Bertz CT molecular complexity index is 3180. The molecule has 0 bridgehead atoms. The highest BCUT2D eigenvalue weighted by Gasteiger charge is 2.24. The number of hydrogen-bond acceptors (Lipinski definition) is 3. The van der Waals surface area contributed by atoms with Gasteiger partial charge < -0.3 is 13.7 Å². The van der Waals surface area contributed by atoms with Crippen molar-refractivity contribution in [2.24, 2.45) is 0 Å².